The number of nitrogens with one attached hydrogen (secondary N) is 1. The minimum absolute atomic E-state index is 0.167. The number of rotatable bonds is 11. The van der Waals surface area contributed by atoms with E-state index in [1.54, 1.807) is 0 Å². The van der Waals surface area contributed by atoms with Gasteiger partial charge in [-0.3, -0.25) is 0 Å². The Hall–Kier alpha value is -0.900. The summed E-state index contributed by atoms with van der Waals surface area (Å²) in [6.07, 6.45) is 6.02. The third-order valence-electron chi connectivity index (χ3n) is 3.79. The lowest BCUT2D eigenvalue weighted by Gasteiger charge is -2.12. The van der Waals surface area contributed by atoms with Gasteiger partial charge in [-0.25, -0.2) is 0 Å². The van der Waals surface area contributed by atoms with Gasteiger partial charge in [0.1, 0.15) is 0 Å². The van der Waals surface area contributed by atoms with Crippen molar-refractivity contribution in [3.63, 3.8) is 0 Å². The smallest absolute Gasteiger partial charge is 0.0494 e. The maximum Gasteiger partial charge on any atom is 0.0494 e. The van der Waals surface area contributed by atoms with Gasteiger partial charge in [-0.2, -0.15) is 0 Å². The van der Waals surface area contributed by atoms with Crippen LogP contribution in [0.4, 0.5) is 0 Å². The highest BCUT2D eigenvalue weighted by Crippen LogP contribution is 2.28. The van der Waals surface area contributed by atoms with Crippen molar-refractivity contribution >= 4 is 0 Å². The molecular weight excluding hydrogens is 248 g/mol. The summed E-state index contributed by atoms with van der Waals surface area (Å²) < 4.78 is 5.60. The average Bonchev–Trinajstić information content (AvgIpc) is 3.30. The van der Waals surface area contributed by atoms with E-state index in [1.807, 2.05) is 6.07 Å². The van der Waals surface area contributed by atoms with Gasteiger partial charge in [0.25, 0.3) is 0 Å². The lowest BCUT2D eigenvalue weighted by Crippen LogP contribution is -2.20. The molecule has 1 aromatic carbocycles. The summed E-state index contributed by atoms with van der Waals surface area (Å²) in [5, 5.41) is 3.46. The summed E-state index contributed by atoms with van der Waals surface area (Å²) in [5.74, 6) is 0.877. The maximum atomic E-state index is 6.16. The Balaban J connectivity index is 1.39. The zero-order valence-electron chi connectivity index (χ0n) is 12.4. The molecule has 1 fully saturated rings. The van der Waals surface area contributed by atoms with Crippen molar-refractivity contribution in [3.8, 4) is 0 Å². The van der Waals surface area contributed by atoms with E-state index >= 15 is 0 Å². The fourth-order valence-electron chi connectivity index (χ4n) is 2.27. The Morgan fingerprint density at radius 1 is 1.15 bits per heavy atom. The molecule has 3 nitrogen and oxygen atoms in total. The summed E-state index contributed by atoms with van der Waals surface area (Å²) in [5.41, 5.74) is 7.40. The molecule has 1 aromatic rings. The molecule has 0 spiro atoms. The monoisotopic (exact) mass is 276 g/mol. The lowest BCUT2D eigenvalue weighted by atomic mass is 10.0. The Morgan fingerprint density at radius 2 is 1.90 bits per heavy atom. The molecule has 0 heterocycles. The van der Waals surface area contributed by atoms with E-state index in [0.29, 0.717) is 0 Å². The number of ether oxygens (including phenoxy) is 1. The number of hydrogen-bond donors (Lipinski definition) is 2. The Labute approximate surface area is 122 Å². The molecule has 1 atom stereocenters. The van der Waals surface area contributed by atoms with Crippen LogP contribution in [0.25, 0.3) is 0 Å². The van der Waals surface area contributed by atoms with Gasteiger partial charge < -0.3 is 15.8 Å². The molecule has 0 amide bonds. The molecule has 20 heavy (non-hydrogen) atoms. The molecule has 1 aliphatic rings. The van der Waals surface area contributed by atoms with E-state index in [4.69, 9.17) is 10.5 Å². The zero-order valence-corrected chi connectivity index (χ0v) is 12.4. The standard InChI is InChI=1S/C17H28N2O/c18-17(16-6-2-1-3-7-16)8-4-11-19-12-5-13-20-14-15-9-10-15/h1-3,6-7,15,17,19H,4-5,8-14,18H2. The minimum atomic E-state index is 0.167. The van der Waals surface area contributed by atoms with Crippen molar-refractivity contribution in [3.05, 3.63) is 35.9 Å². The van der Waals surface area contributed by atoms with E-state index < -0.39 is 0 Å². The highest BCUT2D eigenvalue weighted by atomic mass is 16.5. The summed E-state index contributed by atoms with van der Waals surface area (Å²) in [6, 6.07) is 10.5. The van der Waals surface area contributed by atoms with Crippen molar-refractivity contribution in [2.24, 2.45) is 11.7 Å². The van der Waals surface area contributed by atoms with Crippen LogP contribution in [0, 0.1) is 5.92 Å². The first-order valence-corrected chi connectivity index (χ1v) is 7.95. The SMILES string of the molecule is NC(CCCNCCCOCC1CC1)c1ccccc1. The van der Waals surface area contributed by atoms with Crippen LogP contribution in [-0.4, -0.2) is 26.3 Å². The molecule has 0 radical (unpaired) electrons. The normalized spacial score (nSPS) is 16.2. The van der Waals surface area contributed by atoms with Gasteiger partial charge in [-0.15, -0.1) is 0 Å². The van der Waals surface area contributed by atoms with Crippen LogP contribution in [0.3, 0.4) is 0 Å². The van der Waals surface area contributed by atoms with Gasteiger partial charge in [0, 0.05) is 19.3 Å². The lowest BCUT2D eigenvalue weighted by molar-refractivity contribution is 0.122. The average molecular weight is 276 g/mol. The molecule has 112 valence electrons. The van der Waals surface area contributed by atoms with E-state index in [9.17, 15) is 0 Å². The Morgan fingerprint density at radius 3 is 2.65 bits per heavy atom. The molecule has 1 unspecified atom stereocenters. The van der Waals surface area contributed by atoms with E-state index in [0.717, 1.165) is 51.5 Å². The largest absolute Gasteiger partial charge is 0.381 e. The van der Waals surface area contributed by atoms with Crippen LogP contribution in [0.15, 0.2) is 30.3 Å². The third-order valence-corrected chi connectivity index (χ3v) is 3.79. The molecule has 0 bridgehead atoms. The summed E-state index contributed by atoms with van der Waals surface area (Å²) in [4.78, 5) is 0. The fraction of sp³-hybridized carbons (Fsp3) is 0.647. The number of benzene rings is 1. The first-order valence-electron chi connectivity index (χ1n) is 7.95. The van der Waals surface area contributed by atoms with E-state index in [-0.39, 0.29) is 6.04 Å². The Kier molecular flexibility index (Phi) is 7.06. The van der Waals surface area contributed by atoms with Crippen molar-refractivity contribution in [2.45, 2.75) is 38.1 Å². The Bertz CT molecular complexity index is 351. The second-order valence-corrected chi connectivity index (χ2v) is 5.78. The molecule has 2 rings (SSSR count). The number of nitrogens with two attached hydrogens (primary N) is 1. The van der Waals surface area contributed by atoms with Crippen LogP contribution < -0.4 is 11.1 Å². The first-order chi connectivity index (χ1) is 9.86. The minimum Gasteiger partial charge on any atom is -0.381 e. The quantitative estimate of drug-likeness (QED) is 0.611. The molecule has 1 saturated carbocycles. The van der Waals surface area contributed by atoms with Crippen LogP contribution >= 0.6 is 0 Å². The highest BCUT2D eigenvalue weighted by molar-refractivity contribution is 5.18. The molecule has 0 saturated heterocycles. The topological polar surface area (TPSA) is 47.3 Å². The van der Waals surface area contributed by atoms with Crippen LogP contribution in [-0.2, 0) is 4.74 Å². The van der Waals surface area contributed by atoms with Crippen LogP contribution in [0.2, 0.25) is 0 Å². The predicted molar refractivity (Wildman–Crippen MR) is 83.6 cm³/mol. The van der Waals surface area contributed by atoms with Crippen LogP contribution in [0.1, 0.15) is 43.7 Å². The molecule has 0 aliphatic heterocycles. The first kappa shape index (κ1) is 15.5. The number of hydrogen-bond acceptors (Lipinski definition) is 3. The van der Waals surface area contributed by atoms with Crippen molar-refractivity contribution in [2.75, 3.05) is 26.3 Å². The molecule has 0 aromatic heterocycles. The van der Waals surface area contributed by atoms with Gasteiger partial charge in [-0.1, -0.05) is 30.3 Å². The van der Waals surface area contributed by atoms with Crippen molar-refractivity contribution in [1.29, 1.82) is 0 Å². The van der Waals surface area contributed by atoms with Gasteiger partial charge in [0.05, 0.1) is 0 Å². The van der Waals surface area contributed by atoms with E-state index in [1.165, 1.54) is 18.4 Å². The van der Waals surface area contributed by atoms with Crippen molar-refractivity contribution in [1.82, 2.24) is 5.32 Å². The summed E-state index contributed by atoms with van der Waals surface area (Å²) in [6.45, 7) is 3.97. The molecule has 3 N–H and O–H groups in total. The van der Waals surface area contributed by atoms with E-state index in [2.05, 4.69) is 29.6 Å². The van der Waals surface area contributed by atoms with Gasteiger partial charge in [0.2, 0.25) is 0 Å². The van der Waals surface area contributed by atoms with Gasteiger partial charge in [-0.05, 0) is 56.7 Å². The molecule has 3 heteroatoms. The molecular formula is C17H28N2O. The second-order valence-electron chi connectivity index (χ2n) is 5.78. The summed E-state index contributed by atoms with van der Waals surface area (Å²) >= 11 is 0. The van der Waals surface area contributed by atoms with Gasteiger partial charge in [0.15, 0.2) is 0 Å². The van der Waals surface area contributed by atoms with Crippen molar-refractivity contribution < 1.29 is 4.74 Å². The third kappa shape index (κ3) is 6.51. The highest BCUT2D eigenvalue weighted by Gasteiger charge is 2.20. The van der Waals surface area contributed by atoms with Crippen LogP contribution in [0.5, 0.6) is 0 Å². The van der Waals surface area contributed by atoms with Gasteiger partial charge >= 0.3 is 0 Å². The molecule has 1 aliphatic carbocycles. The second kappa shape index (κ2) is 9.11. The fourth-order valence-corrected chi connectivity index (χ4v) is 2.27. The summed E-state index contributed by atoms with van der Waals surface area (Å²) in [7, 11) is 0. The zero-order chi connectivity index (χ0) is 14.0. The maximum absolute atomic E-state index is 6.16. The predicted octanol–water partition coefficient (Wildman–Crippen LogP) is 2.87.